The molecule has 30 valence electrons. The predicted molar refractivity (Wildman–Crippen MR) is 19.1 cm³/mol. The van der Waals surface area contributed by atoms with Crippen LogP contribution < -0.4 is 0 Å². The van der Waals surface area contributed by atoms with Gasteiger partial charge in [-0.05, 0) is 0 Å². The largest absolute Gasteiger partial charge is 0.245 e. The lowest BCUT2D eigenvalue weighted by Gasteiger charge is -1.99. The maximum Gasteiger partial charge on any atom is 0.172 e. The van der Waals surface area contributed by atoms with Crippen LogP contribution in [0.1, 0.15) is 5.82 Å². The minimum absolute atomic E-state index is 0.944. The second-order valence-electron chi connectivity index (χ2n) is 1.36. The van der Waals surface area contributed by atoms with Crippen molar-refractivity contribution >= 4 is 0 Å². The highest BCUT2D eigenvalue weighted by Gasteiger charge is 2.09. The minimum atomic E-state index is 0.944. The molecule has 0 saturated heterocycles. The van der Waals surface area contributed by atoms with Crippen LogP contribution in [0.3, 0.4) is 0 Å². The number of nitrogens with zero attached hydrogens (tertiary/aromatic N) is 3. The third-order valence-electron chi connectivity index (χ3n) is 0.887. The molecule has 0 radical (unpaired) electrons. The van der Waals surface area contributed by atoms with Crippen LogP contribution in [0.25, 0.3) is 0 Å². The molecule has 0 aliphatic carbocycles. The van der Waals surface area contributed by atoms with Gasteiger partial charge in [-0.3, -0.25) is 0 Å². The van der Waals surface area contributed by atoms with E-state index in [9.17, 15) is 0 Å². The molecule has 3 heterocycles. The Kier molecular flexibility index (Phi) is 0.190. The van der Waals surface area contributed by atoms with Crippen LogP contribution in [0, 0.1) is 0 Å². The molecule has 6 heavy (non-hydrogen) atoms. The van der Waals surface area contributed by atoms with E-state index in [1.54, 1.807) is 11.0 Å². The topological polar surface area (TPSA) is 30.7 Å². The molecule has 3 heteroatoms. The Morgan fingerprint density at radius 2 is 2.67 bits per heavy atom. The van der Waals surface area contributed by atoms with Gasteiger partial charge in [-0.2, -0.15) is 5.10 Å². The van der Waals surface area contributed by atoms with Crippen LogP contribution in [0.5, 0.6) is 0 Å². The Balaban J connectivity index is 2.95. The Morgan fingerprint density at radius 3 is 2.83 bits per heavy atom. The first-order valence-corrected chi connectivity index (χ1v) is 1.83. The Hall–Kier alpha value is -0.860. The summed E-state index contributed by atoms with van der Waals surface area (Å²) in [5.41, 5.74) is 0. The fourth-order valence-corrected chi connectivity index (χ4v) is 0.549. The van der Waals surface area contributed by atoms with Crippen LogP contribution in [0.4, 0.5) is 0 Å². The van der Waals surface area contributed by atoms with Gasteiger partial charge in [0.25, 0.3) is 0 Å². The molecule has 0 unspecified atom stereocenters. The molecule has 3 nitrogen and oxygen atoms in total. The van der Waals surface area contributed by atoms with E-state index in [-0.39, 0.29) is 0 Å². The fourth-order valence-electron chi connectivity index (χ4n) is 0.549. The molecule has 0 atom stereocenters. The maximum atomic E-state index is 3.86. The number of aromatic nitrogens is 3. The van der Waals surface area contributed by atoms with E-state index < -0.39 is 0 Å². The van der Waals surface area contributed by atoms with Crippen molar-refractivity contribution < 1.29 is 0 Å². The highest BCUT2D eigenvalue weighted by Crippen LogP contribution is 2.01. The zero-order chi connectivity index (χ0) is 3.98. The molecule has 1 aromatic heterocycles. The Bertz CT molecular complexity index is 142. The molecule has 3 rings (SSSR count). The van der Waals surface area contributed by atoms with Crippen LogP contribution >= 0.6 is 0 Å². The van der Waals surface area contributed by atoms with Crippen molar-refractivity contribution in [3.8, 4) is 0 Å². The van der Waals surface area contributed by atoms with Crippen molar-refractivity contribution in [3.05, 3.63) is 12.2 Å². The number of rotatable bonds is 0. The molecule has 2 aliphatic rings. The summed E-state index contributed by atoms with van der Waals surface area (Å²) >= 11 is 0. The average Bonchev–Trinajstić information content (AvgIpc) is 1.72. The first kappa shape index (κ1) is 2.34. The molecule has 0 amide bonds. The van der Waals surface area contributed by atoms with Crippen molar-refractivity contribution in [2.45, 2.75) is 6.54 Å². The lowest BCUT2D eigenvalue weighted by Crippen LogP contribution is -2.09. The van der Waals surface area contributed by atoms with Gasteiger partial charge in [0, 0.05) is 0 Å². The van der Waals surface area contributed by atoms with Crippen LogP contribution in [-0.2, 0) is 6.54 Å². The molecule has 2 bridgehead atoms. The van der Waals surface area contributed by atoms with Gasteiger partial charge in [0.1, 0.15) is 12.9 Å². The average molecular weight is 81.1 g/mol. The van der Waals surface area contributed by atoms with Gasteiger partial charge in [0.15, 0.2) is 5.82 Å². The zero-order valence-electron chi connectivity index (χ0n) is 3.13. The quantitative estimate of drug-likeness (QED) is 0.433. The molecule has 0 aromatic carbocycles. The normalized spacial score (nSPS) is 14.0. The number of fused-ring (bicyclic) bond motifs is 1. The standard InChI is InChI=1S/C3H3N3/c1-3-4-2-6(1)5-3/h2H,1H2. The minimum Gasteiger partial charge on any atom is -0.245 e. The SMILES string of the molecule is c1nc2nn1C2. The molecule has 0 spiro atoms. The van der Waals surface area contributed by atoms with Crippen molar-refractivity contribution in [1.29, 1.82) is 0 Å². The third-order valence-corrected chi connectivity index (χ3v) is 0.887. The van der Waals surface area contributed by atoms with E-state index in [1.807, 2.05) is 0 Å². The fraction of sp³-hybridized carbons (Fsp3) is 0.333. The van der Waals surface area contributed by atoms with Crippen molar-refractivity contribution in [2.75, 3.05) is 0 Å². The summed E-state index contributed by atoms with van der Waals surface area (Å²) in [6.07, 6.45) is 1.73. The summed E-state index contributed by atoms with van der Waals surface area (Å²) in [6, 6.07) is 0. The van der Waals surface area contributed by atoms with E-state index in [1.165, 1.54) is 0 Å². The summed E-state index contributed by atoms with van der Waals surface area (Å²) in [4.78, 5) is 3.86. The van der Waals surface area contributed by atoms with E-state index in [4.69, 9.17) is 0 Å². The lowest BCUT2D eigenvalue weighted by atomic mass is 10.6. The Morgan fingerprint density at radius 1 is 1.83 bits per heavy atom. The summed E-state index contributed by atoms with van der Waals surface area (Å²) in [5, 5.41) is 3.86. The number of hydrogen-bond donors (Lipinski definition) is 0. The van der Waals surface area contributed by atoms with Gasteiger partial charge < -0.3 is 0 Å². The van der Waals surface area contributed by atoms with Crippen molar-refractivity contribution in [2.24, 2.45) is 0 Å². The molecule has 0 saturated carbocycles. The summed E-state index contributed by atoms with van der Waals surface area (Å²) < 4.78 is 1.80. The summed E-state index contributed by atoms with van der Waals surface area (Å²) in [5.74, 6) is 0.968. The van der Waals surface area contributed by atoms with Gasteiger partial charge >= 0.3 is 0 Å². The molecule has 0 N–H and O–H groups in total. The molecular weight excluding hydrogens is 78.1 g/mol. The van der Waals surface area contributed by atoms with E-state index >= 15 is 0 Å². The zero-order valence-corrected chi connectivity index (χ0v) is 3.13. The van der Waals surface area contributed by atoms with Gasteiger partial charge in [0.05, 0.1) is 0 Å². The van der Waals surface area contributed by atoms with Gasteiger partial charge in [-0.25, -0.2) is 9.67 Å². The van der Waals surface area contributed by atoms with Crippen molar-refractivity contribution in [3.63, 3.8) is 0 Å². The maximum absolute atomic E-state index is 3.86. The van der Waals surface area contributed by atoms with Crippen molar-refractivity contribution in [1.82, 2.24) is 14.8 Å². The number of hydrogen-bond acceptors (Lipinski definition) is 2. The molecule has 2 aliphatic heterocycles. The van der Waals surface area contributed by atoms with Gasteiger partial charge in [-0.15, -0.1) is 0 Å². The highest BCUT2D eigenvalue weighted by molar-refractivity contribution is 4.90. The predicted octanol–water partition coefficient (Wildman–Crippen LogP) is -0.360. The van der Waals surface area contributed by atoms with Gasteiger partial charge in [0.2, 0.25) is 0 Å². The second-order valence-corrected chi connectivity index (χ2v) is 1.36. The molecule has 1 aromatic rings. The molecule has 0 fully saturated rings. The summed E-state index contributed by atoms with van der Waals surface area (Å²) in [6.45, 7) is 0.944. The van der Waals surface area contributed by atoms with E-state index in [0.717, 1.165) is 12.4 Å². The smallest absolute Gasteiger partial charge is 0.172 e. The van der Waals surface area contributed by atoms with E-state index in [0.29, 0.717) is 0 Å². The van der Waals surface area contributed by atoms with Crippen LogP contribution in [-0.4, -0.2) is 14.8 Å². The van der Waals surface area contributed by atoms with Crippen LogP contribution in [0.15, 0.2) is 6.33 Å². The van der Waals surface area contributed by atoms with Gasteiger partial charge in [-0.1, -0.05) is 0 Å². The first-order valence-electron chi connectivity index (χ1n) is 1.83. The first-order chi connectivity index (χ1) is 2.95. The second kappa shape index (κ2) is 0.489. The molecular formula is C3H3N3. The summed E-state index contributed by atoms with van der Waals surface area (Å²) in [7, 11) is 0. The Labute approximate surface area is 34.6 Å². The highest BCUT2D eigenvalue weighted by atomic mass is 15.4. The monoisotopic (exact) mass is 81.0 g/mol. The third kappa shape index (κ3) is 0.0976. The lowest BCUT2D eigenvalue weighted by molar-refractivity contribution is 0.577. The van der Waals surface area contributed by atoms with E-state index in [2.05, 4.69) is 10.1 Å². The van der Waals surface area contributed by atoms with Crippen LogP contribution in [0.2, 0.25) is 0 Å².